The summed E-state index contributed by atoms with van der Waals surface area (Å²) in [5.41, 5.74) is -2.02. The molecule has 1 unspecified atom stereocenters. The van der Waals surface area contributed by atoms with Gasteiger partial charge in [0.1, 0.15) is 0 Å². The fourth-order valence-electron chi connectivity index (χ4n) is 1.05. The molecule has 0 saturated carbocycles. The molecule has 0 aromatic heterocycles. The van der Waals surface area contributed by atoms with Crippen molar-refractivity contribution in [2.45, 2.75) is 18.4 Å². The summed E-state index contributed by atoms with van der Waals surface area (Å²) in [5.74, 6) is -1.75. The van der Waals surface area contributed by atoms with Crippen molar-refractivity contribution in [3.63, 3.8) is 0 Å². The largest absolute Gasteiger partial charge is 1.00 e. The molecule has 0 radical (unpaired) electrons. The molecule has 7 nitrogen and oxygen atoms in total. The van der Waals surface area contributed by atoms with E-state index in [1.807, 2.05) is 0 Å². The van der Waals surface area contributed by atoms with Crippen LogP contribution in [0.1, 0.15) is 12.8 Å². The van der Waals surface area contributed by atoms with E-state index < -0.39 is 37.4 Å². The summed E-state index contributed by atoms with van der Waals surface area (Å²) in [5, 5.41) is 19.3. The Labute approximate surface area is 128 Å². The molecule has 1 saturated heterocycles. The smallest absolute Gasteiger partial charge is 0.723 e. The second kappa shape index (κ2) is 6.91. The molecule has 1 heterocycles. The Morgan fingerprint density at radius 1 is 1.47 bits per heavy atom. The molecule has 1 fully saturated rings. The van der Waals surface area contributed by atoms with Crippen LogP contribution in [-0.2, 0) is 24.0 Å². The predicted octanol–water partition coefficient (Wildman–Crippen LogP) is -5.15. The molecule has 80 valence electrons. The van der Waals surface area contributed by atoms with Gasteiger partial charge in [0.05, 0.1) is 6.42 Å². The van der Waals surface area contributed by atoms with E-state index in [4.69, 9.17) is 0 Å². The van der Waals surface area contributed by atoms with Gasteiger partial charge in [-0.3, -0.25) is 4.79 Å². The Balaban J connectivity index is 0.00000196. The number of esters is 2. The normalized spacial score (nSPS) is 26.0. The van der Waals surface area contributed by atoms with Crippen molar-refractivity contribution in [1.29, 1.82) is 0 Å². The molecule has 1 aliphatic heterocycles. The van der Waals surface area contributed by atoms with Gasteiger partial charge in [0.25, 0.3) is 0 Å². The van der Waals surface area contributed by atoms with E-state index in [-0.39, 0.29) is 57.8 Å². The van der Waals surface area contributed by atoms with Crippen molar-refractivity contribution in [3.05, 3.63) is 0 Å². The predicted molar refractivity (Wildman–Crippen MR) is 37.2 cm³/mol. The molecule has 0 amide bonds. The quantitative estimate of drug-likeness (QED) is 0.229. The SMILES string of the molecule is O=C1CC(O)(CCO[O-])C(=O)OCO1.[K+]. The van der Waals surface area contributed by atoms with E-state index in [1.165, 1.54) is 0 Å². The summed E-state index contributed by atoms with van der Waals surface area (Å²) in [6, 6.07) is 0. The summed E-state index contributed by atoms with van der Waals surface area (Å²) in [6.07, 6.45) is -0.834. The third-order valence-corrected chi connectivity index (χ3v) is 1.83. The van der Waals surface area contributed by atoms with E-state index in [1.54, 1.807) is 0 Å². The molecule has 8 heteroatoms. The molecular formula is C7H9KO7. The Kier molecular flexibility index (Phi) is 7.13. The van der Waals surface area contributed by atoms with E-state index in [2.05, 4.69) is 14.4 Å². The number of hydrogen-bond donors (Lipinski definition) is 1. The zero-order valence-corrected chi connectivity index (χ0v) is 11.3. The van der Waals surface area contributed by atoms with Crippen LogP contribution in [0, 0.1) is 0 Å². The Morgan fingerprint density at radius 2 is 2.13 bits per heavy atom. The van der Waals surface area contributed by atoms with Crippen LogP contribution in [0.25, 0.3) is 0 Å². The van der Waals surface area contributed by atoms with Gasteiger partial charge in [-0.2, -0.15) is 0 Å². The monoisotopic (exact) mass is 244 g/mol. The van der Waals surface area contributed by atoms with Crippen molar-refractivity contribution in [3.8, 4) is 0 Å². The van der Waals surface area contributed by atoms with Crippen LogP contribution in [0.4, 0.5) is 0 Å². The van der Waals surface area contributed by atoms with E-state index in [0.717, 1.165) is 0 Å². The minimum absolute atomic E-state index is 0. The van der Waals surface area contributed by atoms with Crippen molar-refractivity contribution >= 4 is 11.9 Å². The maximum atomic E-state index is 11.1. The van der Waals surface area contributed by atoms with Gasteiger partial charge in [-0.05, 0) is 0 Å². The minimum Gasteiger partial charge on any atom is -0.723 e. The van der Waals surface area contributed by atoms with Crippen LogP contribution in [0.15, 0.2) is 0 Å². The summed E-state index contributed by atoms with van der Waals surface area (Å²) < 4.78 is 8.78. The average Bonchev–Trinajstić information content (AvgIpc) is 2.25. The third-order valence-electron chi connectivity index (χ3n) is 1.83. The molecule has 0 spiro atoms. The standard InChI is InChI=1S/C7H10O7.K/c8-5-3-7(10,1-2-14-11)6(9)13-4-12-5;/h10-11H,1-4H2;/q;+1/p-1. The Hall–Kier alpha value is 0.456. The molecular weight excluding hydrogens is 235 g/mol. The first-order chi connectivity index (χ1) is 6.58. The second-order valence-electron chi connectivity index (χ2n) is 2.85. The summed E-state index contributed by atoms with van der Waals surface area (Å²) >= 11 is 0. The zero-order valence-electron chi connectivity index (χ0n) is 8.23. The number of hydrogen-bond acceptors (Lipinski definition) is 7. The first-order valence-electron chi connectivity index (χ1n) is 3.88. The number of cyclic esters (lactones) is 2. The van der Waals surface area contributed by atoms with Crippen LogP contribution in [0.3, 0.4) is 0 Å². The molecule has 1 aliphatic rings. The number of rotatable bonds is 3. The molecule has 1 atom stereocenters. The van der Waals surface area contributed by atoms with Gasteiger partial charge in [-0.15, -0.1) is 0 Å². The fourth-order valence-corrected chi connectivity index (χ4v) is 1.05. The van der Waals surface area contributed by atoms with Crippen molar-refractivity contribution in [2.75, 3.05) is 13.4 Å². The molecule has 15 heavy (non-hydrogen) atoms. The molecule has 0 bridgehead atoms. The van der Waals surface area contributed by atoms with Crippen LogP contribution in [0.2, 0.25) is 0 Å². The van der Waals surface area contributed by atoms with Crippen LogP contribution >= 0.6 is 0 Å². The maximum absolute atomic E-state index is 11.1. The average molecular weight is 244 g/mol. The van der Waals surface area contributed by atoms with Gasteiger partial charge >= 0.3 is 63.3 Å². The first kappa shape index (κ1) is 15.5. The maximum Gasteiger partial charge on any atom is 1.00 e. The number of carbonyl (C=O) groups is 2. The fraction of sp³-hybridized carbons (Fsp3) is 0.714. The van der Waals surface area contributed by atoms with Gasteiger partial charge in [0.2, 0.25) is 6.79 Å². The van der Waals surface area contributed by atoms with Gasteiger partial charge in [-0.1, -0.05) is 0 Å². The van der Waals surface area contributed by atoms with Crippen LogP contribution in [0.5, 0.6) is 0 Å². The molecule has 1 rings (SSSR count). The Bertz CT molecular complexity index is 243. The van der Waals surface area contributed by atoms with Crippen LogP contribution in [-0.4, -0.2) is 36.0 Å². The summed E-state index contributed by atoms with van der Waals surface area (Å²) in [6.45, 7) is -0.906. The molecule has 0 aliphatic carbocycles. The van der Waals surface area contributed by atoms with Crippen LogP contribution < -0.4 is 56.6 Å². The van der Waals surface area contributed by atoms with E-state index in [0.29, 0.717) is 0 Å². The van der Waals surface area contributed by atoms with Gasteiger partial charge in [-0.25, -0.2) is 4.79 Å². The van der Waals surface area contributed by atoms with Crippen molar-refractivity contribution < 1.29 is 85.7 Å². The second-order valence-corrected chi connectivity index (χ2v) is 2.85. The Morgan fingerprint density at radius 3 is 2.73 bits per heavy atom. The number of aliphatic hydroxyl groups is 1. The molecule has 1 N–H and O–H groups in total. The summed E-state index contributed by atoms with van der Waals surface area (Å²) in [4.78, 5) is 25.5. The topological polar surface area (TPSA) is 105 Å². The zero-order chi connectivity index (χ0) is 10.6. The summed E-state index contributed by atoms with van der Waals surface area (Å²) in [7, 11) is 0. The van der Waals surface area contributed by atoms with Gasteiger partial charge < -0.3 is 24.7 Å². The molecule has 0 aromatic rings. The van der Waals surface area contributed by atoms with Gasteiger partial charge in [0, 0.05) is 13.0 Å². The number of ether oxygens (including phenoxy) is 2. The molecule has 0 aromatic carbocycles. The number of carbonyl (C=O) groups excluding carboxylic acids is 2. The first-order valence-corrected chi connectivity index (χ1v) is 3.88. The van der Waals surface area contributed by atoms with Gasteiger partial charge in [0.15, 0.2) is 5.60 Å². The third kappa shape index (κ3) is 4.45. The van der Waals surface area contributed by atoms with Crippen molar-refractivity contribution in [1.82, 2.24) is 0 Å². The van der Waals surface area contributed by atoms with E-state index in [9.17, 15) is 20.0 Å². The van der Waals surface area contributed by atoms with Crippen molar-refractivity contribution in [2.24, 2.45) is 0 Å². The minimum atomic E-state index is -2.02. The van der Waals surface area contributed by atoms with E-state index >= 15 is 0 Å².